The van der Waals surface area contributed by atoms with E-state index in [-0.39, 0.29) is 34.2 Å². The van der Waals surface area contributed by atoms with Gasteiger partial charge in [0.25, 0.3) is 0 Å². The van der Waals surface area contributed by atoms with Crippen LogP contribution < -0.4 is 4.90 Å². The van der Waals surface area contributed by atoms with Crippen molar-refractivity contribution < 1.29 is 67.0 Å². The largest absolute Gasteiger partial charge is 0.478 e. The third kappa shape index (κ3) is 7.40. The minimum absolute atomic E-state index is 0.0235. The van der Waals surface area contributed by atoms with Crippen LogP contribution in [0.1, 0.15) is 81.3 Å². The SMILES string of the molecule is Cc1cc(C(=O)O)cc(C)c1N(Cc1cc(C2CC2)cc(C2CC2)c1)C(=O)CN(Cc1c(F)c(F)c(F)c(F)c1F)S(=O)(=O)c1c(F)c(F)c(F)c(F)c1F. The quantitative estimate of drug-likeness (QED) is 0.0881. The van der Waals surface area contributed by atoms with Gasteiger partial charge >= 0.3 is 5.97 Å². The van der Waals surface area contributed by atoms with Crippen molar-refractivity contribution in [2.45, 2.75) is 69.4 Å². The van der Waals surface area contributed by atoms with Gasteiger partial charge in [-0.25, -0.2) is 57.1 Å². The van der Waals surface area contributed by atoms with Gasteiger partial charge in [0.2, 0.25) is 27.6 Å². The number of halogens is 10. The van der Waals surface area contributed by atoms with Crippen LogP contribution in [-0.4, -0.2) is 36.3 Å². The Morgan fingerprint density at radius 3 is 1.47 bits per heavy atom. The summed E-state index contributed by atoms with van der Waals surface area (Å²) >= 11 is 0. The highest BCUT2D eigenvalue weighted by Gasteiger charge is 2.41. The Bertz CT molecular complexity index is 2290. The highest BCUT2D eigenvalue weighted by atomic mass is 32.2. The summed E-state index contributed by atoms with van der Waals surface area (Å²) in [5.74, 6) is -29.5. The van der Waals surface area contributed by atoms with E-state index in [2.05, 4.69) is 0 Å². The summed E-state index contributed by atoms with van der Waals surface area (Å²) in [4.78, 5) is 24.6. The van der Waals surface area contributed by atoms with Gasteiger partial charge < -0.3 is 10.0 Å². The Kier molecular flexibility index (Phi) is 10.5. The van der Waals surface area contributed by atoms with Gasteiger partial charge in [-0.05, 0) is 91.3 Å². The zero-order chi connectivity index (χ0) is 40.4. The molecule has 0 spiro atoms. The molecule has 2 aliphatic carbocycles. The third-order valence-electron chi connectivity index (χ3n) is 9.50. The van der Waals surface area contributed by atoms with Gasteiger partial charge in [0.05, 0.1) is 18.7 Å². The minimum Gasteiger partial charge on any atom is -0.478 e. The van der Waals surface area contributed by atoms with Crippen molar-refractivity contribution >= 4 is 27.6 Å². The lowest BCUT2D eigenvalue weighted by Gasteiger charge is -2.30. The molecule has 0 heterocycles. The molecule has 0 atom stereocenters. The lowest BCUT2D eigenvalue weighted by atomic mass is 9.98. The summed E-state index contributed by atoms with van der Waals surface area (Å²) in [6, 6.07) is 7.90. The van der Waals surface area contributed by atoms with Crippen LogP contribution in [0.4, 0.5) is 49.6 Å². The van der Waals surface area contributed by atoms with Crippen LogP contribution in [0, 0.1) is 72.0 Å². The maximum absolute atomic E-state index is 15.0. The van der Waals surface area contributed by atoms with E-state index < -0.39 is 114 Å². The molecule has 292 valence electrons. The number of hydrogen-bond donors (Lipinski definition) is 1. The summed E-state index contributed by atoms with van der Waals surface area (Å²) in [5.41, 5.74) is 0.430. The Labute approximate surface area is 306 Å². The molecule has 1 amide bonds. The van der Waals surface area contributed by atoms with Gasteiger partial charge in [0.15, 0.2) is 51.4 Å². The Hall–Kier alpha value is -4.97. The predicted molar refractivity (Wildman–Crippen MR) is 175 cm³/mol. The number of nitrogens with zero attached hydrogens (tertiary/aromatic N) is 2. The Balaban J connectivity index is 1.52. The Morgan fingerprint density at radius 2 is 1.05 bits per heavy atom. The number of amides is 1. The van der Waals surface area contributed by atoms with Crippen LogP contribution >= 0.6 is 0 Å². The summed E-state index contributed by atoms with van der Waals surface area (Å²) in [5, 5.41) is 9.61. The molecule has 0 aliphatic heterocycles. The van der Waals surface area contributed by atoms with Gasteiger partial charge in [-0.15, -0.1) is 0 Å². The number of anilines is 1. The van der Waals surface area contributed by atoms with Crippen molar-refractivity contribution in [3.63, 3.8) is 0 Å². The fourth-order valence-corrected chi connectivity index (χ4v) is 7.96. The lowest BCUT2D eigenvalue weighted by molar-refractivity contribution is -0.119. The van der Waals surface area contributed by atoms with E-state index in [1.54, 1.807) is 12.1 Å². The van der Waals surface area contributed by atoms with Crippen molar-refractivity contribution in [2.24, 2.45) is 0 Å². The van der Waals surface area contributed by atoms with Gasteiger partial charge in [-0.1, -0.05) is 18.2 Å². The molecule has 55 heavy (non-hydrogen) atoms. The van der Waals surface area contributed by atoms with Crippen molar-refractivity contribution in [1.82, 2.24) is 4.31 Å². The van der Waals surface area contributed by atoms with Crippen LogP contribution in [0.5, 0.6) is 0 Å². The first-order valence-corrected chi connectivity index (χ1v) is 18.0. The molecule has 0 saturated heterocycles. The topological polar surface area (TPSA) is 95.0 Å². The van der Waals surface area contributed by atoms with Crippen molar-refractivity contribution in [3.8, 4) is 0 Å². The van der Waals surface area contributed by atoms with Crippen molar-refractivity contribution in [1.29, 1.82) is 0 Å². The highest BCUT2D eigenvalue weighted by molar-refractivity contribution is 7.89. The normalized spacial score (nSPS) is 14.5. The number of carbonyl (C=O) groups is 2. The molecule has 0 bridgehead atoms. The second-order valence-electron chi connectivity index (χ2n) is 13.5. The lowest BCUT2D eigenvalue weighted by Crippen LogP contribution is -2.44. The van der Waals surface area contributed by atoms with E-state index in [4.69, 9.17) is 0 Å². The first-order chi connectivity index (χ1) is 25.7. The number of rotatable bonds is 12. The van der Waals surface area contributed by atoms with Crippen molar-refractivity contribution in [3.05, 3.63) is 127 Å². The molecule has 2 aliphatic rings. The van der Waals surface area contributed by atoms with Gasteiger partial charge in [0.1, 0.15) is 0 Å². The van der Waals surface area contributed by atoms with Crippen LogP contribution in [0.15, 0.2) is 35.2 Å². The number of carbonyl (C=O) groups excluding carboxylic acids is 1. The highest BCUT2D eigenvalue weighted by Crippen LogP contribution is 2.46. The third-order valence-corrected chi connectivity index (χ3v) is 11.3. The van der Waals surface area contributed by atoms with Crippen LogP contribution in [0.2, 0.25) is 0 Å². The van der Waals surface area contributed by atoms with E-state index in [1.165, 1.54) is 26.0 Å². The maximum Gasteiger partial charge on any atom is 0.335 e. The molecule has 2 fully saturated rings. The number of aryl methyl sites for hydroxylation is 2. The van der Waals surface area contributed by atoms with E-state index in [9.17, 15) is 58.2 Å². The van der Waals surface area contributed by atoms with Gasteiger partial charge in [-0.2, -0.15) is 4.31 Å². The molecule has 4 aromatic rings. The summed E-state index contributed by atoms with van der Waals surface area (Å²) in [6.07, 6.45) is 3.53. The first kappa shape index (κ1) is 39.7. The summed E-state index contributed by atoms with van der Waals surface area (Å²) < 4.78 is 172. The molecular formula is C37H28F10N2O5S. The van der Waals surface area contributed by atoms with Crippen molar-refractivity contribution in [2.75, 3.05) is 11.4 Å². The zero-order valence-electron chi connectivity index (χ0n) is 28.7. The molecule has 0 aromatic heterocycles. The standard InChI is InChI=1S/C37H28F10N2O5S/c1-15-7-22(37(51)52)8-16(2)35(15)49(12-17-9-20(18-3-4-18)11-21(10-17)19-5-6-19)24(50)14-48(13-23-25(38)27(40)29(42)28(41)26(23)39)55(53,54)36-33(46)31(44)30(43)32(45)34(36)47/h7-11,18-19H,3-6,12-14H2,1-2H3,(H,51,52). The number of aromatic carboxylic acids is 1. The fraction of sp³-hybridized carbons (Fsp3) is 0.297. The molecule has 0 unspecified atom stereocenters. The molecule has 7 nitrogen and oxygen atoms in total. The summed E-state index contributed by atoms with van der Waals surface area (Å²) in [7, 11) is -6.29. The zero-order valence-corrected chi connectivity index (χ0v) is 29.5. The van der Waals surface area contributed by atoms with E-state index >= 15 is 8.78 Å². The molecular weight excluding hydrogens is 774 g/mol. The first-order valence-electron chi connectivity index (χ1n) is 16.5. The smallest absolute Gasteiger partial charge is 0.335 e. The second-order valence-corrected chi connectivity index (χ2v) is 15.4. The fourth-order valence-electron chi connectivity index (χ4n) is 6.49. The molecule has 2 saturated carbocycles. The van der Waals surface area contributed by atoms with Gasteiger partial charge in [-0.3, -0.25) is 4.79 Å². The minimum atomic E-state index is -6.29. The van der Waals surface area contributed by atoms with Crippen LogP contribution in [-0.2, 0) is 27.9 Å². The molecule has 18 heteroatoms. The van der Waals surface area contributed by atoms with E-state index in [1.807, 2.05) is 6.07 Å². The number of carboxylic acids is 1. The second kappa shape index (κ2) is 14.6. The van der Waals surface area contributed by atoms with E-state index in [0.29, 0.717) is 5.56 Å². The molecule has 6 rings (SSSR count). The average molecular weight is 803 g/mol. The number of sulfonamides is 1. The predicted octanol–water partition coefficient (Wildman–Crippen LogP) is 8.57. The monoisotopic (exact) mass is 802 g/mol. The van der Waals surface area contributed by atoms with Crippen LogP contribution in [0.3, 0.4) is 0 Å². The molecule has 4 aromatic carbocycles. The summed E-state index contributed by atoms with van der Waals surface area (Å²) in [6.45, 7) is -1.39. The van der Waals surface area contributed by atoms with Gasteiger partial charge in [0, 0.05) is 17.8 Å². The average Bonchev–Trinajstić information content (AvgIpc) is 4.05. The number of carboxylic acid groups (broad SMARTS) is 1. The number of hydrogen-bond acceptors (Lipinski definition) is 4. The number of benzene rings is 4. The molecule has 0 radical (unpaired) electrons. The van der Waals surface area contributed by atoms with Crippen LogP contribution in [0.25, 0.3) is 0 Å². The maximum atomic E-state index is 15.0. The van der Waals surface area contributed by atoms with E-state index in [0.717, 1.165) is 41.7 Å². The molecule has 1 N–H and O–H groups in total. The Morgan fingerprint density at radius 1 is 0.636 bits per heavy atom.